The highest BCUT2D eigenvalue weighted by atomic mass is 32.2. The zero-order valence-electron chi connectivity index (χ0n) is 11.2. The summed E-state index contributed by atoms with van der Waals surface area (Å²) < 4.78 is 39.4. The van der Waals surface area contributed by atoms with Crippen molar-refractivity contribution in [1.29, 1.82) is 0 Å². The van der Waals surface area contributed by atoms with Gasteiger partial charge in [0.2, 0.25) is 5.88 Å². The molecule has 0 aliphatic heterocycles. The first-order chi connectivity index (χ1) is 10.3. The average Bonchev–Trinajstić information content (AvgIpc) is 2.43. The van der Waals surface area contributed by atoms with Crippen molar-refractivity contribution in [2.45, 2.75) is 11.3 Å². The molecule has 0 atom stereocenters. The van der Waals surface area contributed by atoms with Crippen LogP contribution in [-0.2, 0) is 6.18 Å². The highest BCUT2D eigenvalue weighted by molar-refractivity contribution is 7.99. The standard InChI is InChI=1S/C14H11F3N2O2S/c1-2-6-22-13-18-11(20)8-12(21)19(13)10-5-3-4-9(7-10)14(15,16)17/h2-5,7-8,20H,1,6H2. The topological polar surface area (TPSA) is 55.1 Å². The molecule has 0 spiro atoms. The lowest BCUT2D eigenvalue weighted by Gasteiger charge is -2.13. The maximum Gasteiger partial charge on any atom is 0.416 e. The summed E-state index contributed by atoms with van der Waals surface area (Å²) in [5, 5.41) is 9.49. The van der Waals surface area contributed by atoms with Gasteiger partial charge in [0.15, 0.2) is 5.16 Å². The minimum atomic E-state index is -4.52. The number of alkyl halides is 3. The Morgan fingerprint density at radius 1 is 1.36 bits per heavy atom. The van der Waals surface area contributed by atoms with Gasteiger partial charge < -0.3 is 5.11 Å². The van der Waals surface area contributed by atoms with E-state index in [1.54, 1.807) is 6.08 Å². The molecule has 2 rings (SSSR count). The molecule has 22 heavy (non-hydrogen) atoms. The fourth-order valence-corrected chi connectivity index (χ4v) is 2.49. The van der Waals surface area contributed by atoms with E-state index in [9.17, 15) is 23.1 Å². The summed E-state index contributed by atoms with van der Waals surface area (Å²) in [5.74, 6) is -0.103. The summed E-state index contributed by atoms with van der Waals surface area (Å²) >= 11 is 1.08. The number of benzene rings is 1. The molecule has 0 aliphatic rings. The van der Waals surface area contributed by atoms with Crippen molar-refractivity contribution in [2.75, 3.05) is 5.75 Å². The molecule has 2 aromatic rings. The van der Waals surface area contributed by atoms with Gasteiger partial charge in [0, 0.05) is 5.75 Å². The highest BCUT2D eigenvalue weighted by Crippen LogP contribution is 2.31. The highest BCUT2D eigenvalue weighted by Gasteiger charge is 2.30. The minimum absolute atomic E-state index is 0.0267. The maximum atomic E-state index is 12.8. The molecule has 1 aromatic heterocycles. The molecule has 1 N–H and O–H groups in total. The van der Waals surface area contributed by atoms with Crippen molar-refractivity contribution in [3.63, 3.8) is 0 Å². The Labute approximate surface area is 127 Å². The zero-order chi connectivity index (χ0) is 16.3. The third kappa shape index (κ3) is 3.51. The van der Waals surface area contributed by atoms with Crippen LogP contribution in [0.1, 0.15) is 5.56 Å². The van der Waals surface area contributed by atoms with Crippen molar-refractivity contribution in [2.24, 2.45) is 0 Å². The van der Waals surface area contributed by atoms with Crippen LogP contribution in [0.3, 0.4) is 0 Å². The number of thioether (sulfide) groups is 1. The van der Waals surface area contributed by atoms with Crippen molar-refractivity contribution in [1.82, 2.24) is 9.55 Å². The molecule has 4 nitrogen and oxygen atoms in total. The average molecular weight is 328 g/mol. The van der Waals surface area contributed by atoms with Crippen LogP contribution in [0.2, 0.25) is 0 Å². The van der Waals surface area contributed by atoms with Gasteiger partial charge in [-0.1, -0.05) is 23.9 Å². The van der Waals surface area contributed by atoms with E-state index in [2.05, 4.69) is 11.6 Å². The van der Waals surface area contributed by atoms with Crippen molar-refractivity contribution in [3.05, 3.63) is 58.9 Å². The normalized spacial score (nSPS) is 11.4. The van der Waals surface area contributed by atoms with Gasteiger partial charge >= 0.3 is 6.18 Å². The second-order valence-electron chi connectivity index (χ2n) is 4.22. The first kappa shape index (κ1) is 16.2. The van der Waals surface area contributed by atoms with Gasteiger partial charge in [0.05, 0.1) is 17.3 Å². The maximum absolute atomic E-state index is 12.8. The Balaban J connectivity index is 2.61. The molecule has 1 heterocycles. The molecule has 0 amide bonds. The molecular formula is C14H11F3N2O2S. The molecule has 0 aliphatic carbocycles. The van der Waals surface area contributed by atoms with Gasteiger partial charge in [0.1, 0.15) is 0 Å². The molecule has 0 bridgehead atoms. The predicted octanol–water partition coefficient (Wildman–Crippen LogP) is 3.24. The van der Waals surface area contributed by atoms with Gasteiger partial charge in [-0.05, 0) is 18.2 Å². The minimum Gasteiger partial charge on any atom is -0.493 e. The molecule has 0 fully saturated rings. The van der Waals surface area contributed by atoms with Crippen LogP contribution in [-0.4, -0.2) is 20.4 Å². The molecule has 116 valence electrons. The number of aromatic nitrogens is 2. The smallest absolute Gasteiger partial charge is 0.416 e. The number of halogens is 3. The molecular weight excluding hydrogens is 317 g/mol. The fourth-order valence-electron chi connectivity index (χ4n) is 1.74. The van der Waals surface area contributed by atoms with Gasteiger partial charge in [0.25, 0.3) is 5.56 Å². The SMILES string of the molecule is C=CCSc1nc(O)cc(=O)n1-c1cccc(C(F)(F)F)c1. The lowest BCUT2D eigenvalue weighted by Crippen LogP contribution is -2.20. The number of hydrogen-bond donors (Lipinski definition) is 1. The van der Waals surface area contributed by atoms with Crippen molar-refractivity contribution < 1.29 is 18.3 Å². The fraction of sp³-hybridized carbons (Fsp3) is 0.143. The second kappa shape index (κ2) is 6.27. The first-order valence-electron chi connectivity index (χ1n) is 6.07. The number of nitrogens with zero attached hydrogens (tertiary/aromatic N) is 2. The van der Waals surface area contributed by atoms with Gasteiger partial charge in [-0.2, -0.15) is 18.2 Å². The summed E-state index contributed by atoms with van der Waals surface area (Å²) in [4.78, 5) is 15.8. The van der Waals surface area contributed by atoms with E-state index in [1.165, 1.54) is 12.1 Å². The summed E-state index contributed by atoms with van der Waals surface area (Å²) in [7, 11) is 0. The van der Waals surface area contributed by atoms with Gasteiger partial charge in [-0.25, -0.2) is 0 Å². The van der Waals surface area contributed by atoms with Crippen LogP contribution in [0, 0.1) is 0 Å². The second-order valence-corrected chi connectivity index (χ2v) is 5.21. The largest absolute Gasteiger partial charge is 0.493 e. The van der Waals surface area contributed by atoms with E-state index in [0.717, 1.165) is 34.5 Å². The summed E-state index contributed by atoms with van der Waals surface area (Å²) in [5.41, 5.74) is -1.51. The monoisotopic (exact) mass is 328 g/mol. The lowest BCUT2D eigenvalue weighted by molar-refractivity contribution is -0.137. The third-order valence-electron chi connectivity index (χ3n) is 2.64. The lowest BCUT2D eigenvalue weighted by atomic mass is 10.2. The molecule has 0 radical (unpaired) electrons. The zero-order valence-corrected chi connectivity index (χ0v) is 12.0. The van der Waals surface area contributed by atoms with Crippen LogP contribution >= 0.6 is 11.8 Å². The van der Waals surface area contributed by atoms with E-state index < -0.39 is 23.2 Å². The van der Waals surface area contributed by atoms with Crippen LogP contribution < -0.4 is 5.56 Å². The molecule has 1 aromatic carbocycles. The van der Waals surface area contributed by atoms with Crippen LogP contribution in [0.5, 0.6) is 5.88 Å². The molecule has 0 unspecified atom stereocenters. The van der Waals surface area contributed by atoms with Crippen molar-refractivity contribution >= 4 is 11.8 Å². The van der Waals surface area contributed by atoms with Gasteiger partial charge in [-0.15, -0.1) is 6.58 Å². The van der Waals surface area contributed by atoms with Crippen LogP contribution in [0.4, 0.5) is 13.2 Å². The number of hydrogen-bond acceptors (Lipinski definition) is 4. The number of aromatic hydroxyl groups is 1. The van der Waals surface area contributed by atoms with E-state index in [0.29, 0.717) is 5.75 Å². The van der Waals surface area contributed by atoms with Gasteiger partial charge in [-0.3, -0.25) is 9.36 Å². The van der Waals surface area contributed by atoms with Crippen LogP contribution in [0.25, 0.3) is 5.69 Å². The van der Waals surface area contributed by atoms with E-state index >= 15 is 0 Å². The summed E-state index contributed by atoms with van der Waals surface area (Å²) in [6, 6.07) is 5.20. The Bertz CT molecular complexity index is 756. The van der Waals surface area contributed by atoms with E-state index in [-0.39, 0.29) is 10.8 Å². The Morgan fingerprint density at radius 2 is 2.09 bits per heavy atom. The summed E-state index contributed by atoms with van der Waals surface area (Å²) in [6.07, 6.45) is -2.96. The Hall–Kier alpha value is -2.22. The number of rotatable bonds is 4. The Morgan fingerprint density at radius 3 is 2.73 bits per heavy atom. The molecule has 8 heteroatoms. The van der Waals surface area contributed by atoms with E-state index in [4.69, 9.17) is 0 Å². The Kier molecular flexibility index (Phi) is 4.60. The van der Waals surface area contributed by atoms with Crippen LogP contribution in [0.15, 0.2) is 52.9 Å². The summed E-state index contributed by atoms with van der Waals surface area (Å²) in [6.45, 7) is 3.52. The van der Waals surface area contributed by atoms with Crippen molar-refractivity contribution in [3.8, 4) is 11.6 Å². The quantitative estimate of drug-likeness (QED) is 0.532. The van der Waals surface area contributed by atoms with E-state index in [1.807, 2.05) is 0 Å². The first-order valence-corrected chi connectivity index (χ1v) is 7.06. The third-order valence-corrected chi connectivity index (χ3v) is 3.57. The molecule has 0 saturated heterocycles. The molecule has 0 saturated carbocycles. The predicted molar refractivity (Wildman–Crippen MR) is 77.4 cm³/mol.